The number of carbonyl (C=O) groups is 1. The molecule has 4 nitrogen and oxygen atoms in total. The Morgan fingerprint density at radius 3 is 2.70 bits per heavy atom. The molecule has 2 heterocycles. The Balaban J connectivity index is 1.58. The van der Waals surface area contributed by atoms with Crippen molar-refractivity contribution in [2.75, 3.05) is 20.2 Å². The van der Waals surface area contributed by atoms with Crippen molar-refractivity contribution in [2.24, 2.45) is 5.92 Å². The van der Waals surface area contributed by atoms with Crippen molar-refractivity contribution < 1.29 is 14.3 Å². The number of hydrogen-bond donors (Lipinski definition) is 0. The monoisotopic (exact) mass is 309 g/mol. The third-order valence-electron chi connectivity index (χ3n) is 4.78. The molecule has 2 aliphatic rings. The molecule has 118 valence electrons. The summed E-state index contributed by atoms with van der Waals surface area (Å²) < 4.78 is 10.8. The Morgan fingerprint density at radius 2 is 1.91 bits per heavy atom. The molecular weight excluding hydrogens is 290 g/mol. The van der Waals surface area contributed by atoms with E-state index in [-0.39, 0.29) is 17.8 Å². The highest BCUT2D eigenvalue weighted by molar-refractivity contribution is 5.80. The van der Waals surface area contributed by atoms with Gasteiger partial charge >= 0.3 is 5.97 Å². The number of carbonyl (C=O) groups excluding carboxylic acids is 1. The molecule has 0 amide bonds. The lowest BCUT2D eigenvalue weighted by Crippen LogP contribution is -2.31. The third kappa shape index (κ3) is 2.59. The number of esters is 1. The molecule has 2 aliphatic heterocycles. The molecule has 0 saturated carbocycles. The van der Waals surface area contributed by atoms with E-state index in [2.05, 4.69) is 17.0 Å². The van der Waals surface area contributed by atoms with E-state index in [1.807, 2.05) is 36.4 Å². The highest BCUT2D eigenvalue weighted by atomic mass is 16.5. The van der Waals surface area contributed by atoms with Gasteiger partial charge in [0, 0.05) is 37.2 Å². The summed E-state index contributed by atoms with van der Waals surface area (Å²) in [4.78, 5) is 14.7. The van der Waals surface area contributed by atoms with Crippen LogP contribution < -0.4 is 9.47 Å². The van der Waals surface area contributed by atoms with Crippen molar-refractivity contribution in [3.05, 3.63) is 59.7 Å². The highest BCUT2D eigenvalue weighted by Crippen LogP contribution is 2.43. The van der Waals surface area contributed by atoms with Crippen LogP contribution in [-0.2, 0) is 11.3 Å². The van der Waals surface area contributed by atoms with Crippen LogP contribution in [0.25, 0.3) is 0 Å². The van der Waals surface area contributed by atoms with Gasteiger partial charge in [-0.3, -0.25) is 9.69 Å². The van der Waals surface area contributed by atoms with Crippen LogP contribution in [0.5, 0.6) is 11.5 Å². The molecule has 0 aromatic heterocycles. The molecule has 0 radical (unpaired) electrons. The van der Waals surface area contributed by atoms with Gasteiger partial charge in [0.25, 0.3) is 0 Å². The van der Waals surface area contributed by atoms with Crippen LogP contribution >= 0.6 is 0 Å². The van der Waals surface area contributed by atoms with E-state index in [1.54, 1.807) is 7.11 Å². The highest BCUT2D eigenvalue weighted by Gasteiger charge is 2.44. The summed E-state index contributed by atoms with van der Waals surface area (Å²) in [5.41, 5.74) is 2.39. The van der Waals surface area contributed by atoms with Crippen molar-refractivity contribution in [1.82, 2.24) is 4.90 Å². The predicted octanol–water partition coefficient (Wildman–Crippen LogP) is 2.83. The molecule has 0 bridgehead atoms. The van der Waals surface area contributed by atoms with Crippen LogP contribution in [0.15, 0.2) is 48.5 Å². The number of rotatable bonds is 3. The topological polar surface area (TPSA) is 38.8 Å². The summed E-state index contributed by atoms with van der Waals surface area (Å²) in [6.45, 7) is 2.50. The quantitative estimate of drug-likeness (QED) is 0.645. The van der Waals surface area contributed by atoms with Crippen LogP contribution in [0.2, 0.25) is 0 Å². The molecule has 23 heavy (non-hydrogen) atoms. The largest absolute Gasteiger partial charge is 0.497 e. The number of benzene rings is 2. The average Bonchev–Trinajstić information content (AvgIpc) is 3.00. The molecule has 4 rings (SSSR count). The lowest BCUT2D eigenvalue weighted by atomic mass is 9.86. The number of nitrogens with zero attached hydrogens (tertiary/aromatic N) is 1. The first kappa shape index (κ1) is 14.3. The van der Waals surface area contributed by atoms with Crippen molar-refractivity contribution in [1.29, 1.82) is 0 Å². The second kappa shape index (κ2) is 5.70. The molecular formula is C19H19NO3. The maximum Gasteiger partial charge on any atom is 0.316 e. The second-order valence-electron chi connectivity index (χ2n) is 6.22. The summed E-state index contributed by atoms with van der Waals surface area (Å²) in [6.07, 6.45) is 0. The number of methoxy groups -OCH3 is 1. The molecule has 0 aliphatic carbocycles. The molecule has 1 saturated heterocycles. The van der Waals surface area contributed by atoms with Crippen molar-refractivity contribution in [3.8, 4) is 11.5 Å². The Bertz CT molecular complexity index is 729. The molecule has 1 fully saturated rings. The Morgan fingerprint density at radius 1 is 1.13 bits per heavy atom. The van der Waals surface area contributed by atoms with Gasteiger partial charge in [0.1, 0.15) is 11.5 Å². The van der Waals surface area contributed by atoms with E-state index in [0.29, 0.717) is 11.5 Å². The molecule has 2 atom stereocenters. The van der Waals surface area contributed by atoms with Gasteiger partial charge in [0.05, 0.1) is 13.0 Å². The smallest absolute Gasteiger partial charge is 0.316 e. The first-order valence-electron chi connectivity index (χ1n) is 7.90. The van der Waals surface area contributed by atoms with E-state index < -0.39 is 0 Å². The van der Waals surface area contributed by atoms with Crippen LogP contribution in [-0.4, -0.2) is 31.1 Å². The SMILES string of the molecule is COc1ccc2c(c1)OC(=O)[C@@H]1CN(Cc3ccccc3)C[C@H]21. The van der Waals surface area contributed by atoms with Gasteiger partial charge in [-0.25, -0.2) is 0 Å². The summed E-state index contributed by atoms with van der Waals surface area (Å²) in [5, 5.41) is 0. The fourth-order valence-electron chi connectivity index (χ4n) is 3.63. The number of fused-ring (bicyclic) bond motifs is 3. The van der Waals surface area contributed by atoms with E-state index >= 15 is 0 Å². The summed E-state index contributed by atoms with van der Waals surface area (Å²) >= 11 is 0. The van der Waals surface area contributed by atoms with Crippen molar-refractivity contribution >= 4 is 5.97 Å². The van der Waals surface area contributed by atoms with Gasteiger partial charge in [0.2, 0.25) is 0 Å². The molecule has 0 N–H and O–H groups in total. The zero-order chi connectivity index (χ0) is 15.8. The predicted molar refractivity (Wildman–Crippen MR) is 86.6 cm³/mol. The maximum absolute atomic E-state index is 12.3. The fraction of sp³-hybridized carbons (Fsp3) is 0.316. The summed E-state index contributed by atoms with van der Waals surface area (Å²) in [5.74, 6) is 1.39. The van der Waals surface area contributed by atoms with E-state index in [9.17, 15) is 4.79 Å². The minimum atomic E-state index is -0.119. The lowest BCUT2D eigenvalue weighted by molar-refractivity contribution is -0.140. The molecule has 4 heteroatoms. The average molecular weight is 309 g/mol. The minimum Gasteiger partial charge on any atom is -0.497 e. The van der Waals surface area contributed by atoms with Gasteiger partial charge in [-0.05, 0) is 11.6 Å². The number of likely N-dealkylation sites (tertiary alicyclic amines) is 1. The van der Waals surface area contributed by atoms with Gasteiger partial charge in [-0.15, -0.1) is 0 Å². The van der Waals surface area contributed by atoms with Crippen LogP contribution in [0.3, 0.4) is 0 Å². The Kier molecular flexibility index (Phi) is 3.54. The molecule has 0 unspecified atom stereocenters. The standard InChI is InChI=1S/C19H19NO3/c1-22-14-7-8-15-16-11-20(10-13-5-3-2-4-6-13)12-17(16)19(21)23-18(15)9-14/h2-9,16-17H,10-12H2,1H3/t16-,17-/m1/s1. The minimum absolute atomic E-state index is 0.0698. The van der Waals surface area contributed by atoms with E-state index in [4.69, 9.17) is 9.47 Å². The fourth-order valence-corrected chi connectivity index (χ4v) is 3.63. The number of ether oxygens (including phenoxy) is 2. The zero-order valence-corrected chi connectivity index (χ0v) is 13.1. The van der Waals surface area contributed by atoms with Gasteiger partial charge in [-0.1, -0.05) is 36.4 Å². The number of hydrogen-bond acceptors (Lipinski definition) is 4. The maximum atomic E-state index is 12.3. The van der Waals surface area contributed by atoms with Gasteiger partial charge in [-0.2, -0.15) is 0 Å². The first-order valence-corrected chi connectivity index (χ1v) is 7.90. The third-order valence-corrected chi connectivity index (χ3v) is 4.78. The molecule has 2 aromatic carbocycles. The van der Waals surface area contributed by atoms with Gasteiger partial charge < -0.3 is 9.47 Å². The molecule has 2 aromatic rings. The van der Waals surface area contributed by atoms with Crippen LogP contribution in [0.1, 0.15) is 17.0 Å². The van der Waals surface area contributed by atoms with Crippen LogP contribution in [0, 0.1) is 5.92 Å². The second-order valence-corrected chi connectivity index (χ2v) is 6.22. The Labute approximate surface area is 135 Å². The Hall–Kier alpha value is -2.33. The van der Waals surface area contributed by atoms with E-state index in [1.165, 1.54) is 5.56 Å². The summed E-state index contributed by atoms with van der Waals surface area (Å²) in [7, 11) is 1.62. The van der Waals surface area contributed by atoms with Crippen LogP contribution in [0.4, 0.5) is 0 Å². The summed E-state index contributed by atoms with van der Waals surface area (Å²) in [6, 6.07) is 16.2. The van der Waals surface area contributed by atoms with Crippen molar-refractivity contribution in [3.63, 3.8) is 0 Å². The van der Waals surface area contributed by atoms with Gasteiger partial charge in [0.15, 0.2) is 0 Å². The zero-order valence-electron chi connectivity index (χ0n) is 13.1. The van der Waals surface area contributed by atoms with Crippen molar-refractivity contribution in [2.45, 2.75) is 12.5 Å². The normalized spacial score (nSPS) is 23.1. The van der Waals surface area contributed by atoms with E-state index in [0.717, 1.165) is 25.2 Å². The lowest BCUT2D eigenvalue weighted by Gasteiger charge is -2.26. The first-order chi connectivity index (χ1) is 11.2. The molecule has 0 spiro atoms.